The molecule has 0 unspecified atom stereocenters. The van der Waals surface area contributed by atoms with Crippen molar-refractivity contribution in [2.45, 2.75) is 50.5 Å². The zero-order valence-corrected chi connectivity index (χ0v) is 17.0. The van der Waals surface area contributed by atoms with Crippen LogP contribution in [0, 0.1) is 5.41 Å². The van der Waals surface area contributed by atoms with Crippen LogP contribution in [0.4, 0.5) is 13.2 Å². The maximum Gasteiger partial charge on any atom is 0.471 e. The highest BCUT2D eigenvalue weighted by Crippen LogP contribution is 2.53. The van der Waals surface area contributed by atoms with Gasteiger partial charge in [-0.3, -0.25) is 9.69 Å². The number of alkyl halides is 3. The molecule has 0 bridgehead atoms. The van der Waals surface area contributed by atoms with Gasteiger partial charge in [0.15, 0.2) is 0 Å². The van der Waals surface area contributed by atoms with Crippen molar-refractivity contribution >= 4 is 11.9 Å². The van der Waals surface area contributed by atoms with Gasteiger partial charge in [0.25, 0.3) is 0 Å². The maximum absolute atomic E-state index is 12.9. The van der Waals surface area contributed by atoms with E-state index in [0.717, 1.165) is 23.6 Å². The summed E-state index contributed by atoms with van der Waals surface area (Å²) in [5.74, 6) is -1.52. The molecule has 1 spiro atoms. The van der Waals surface area contributed by atoms with Gasteiger partial charge in [0.05, 0.1) is 19.8 Å². The number of benzene rings is 1. The van der Waals surface area contributed by atoms with E-state index in [4.69, 9.17) is 9.47 Å². The van der Waals surface area contributed by atoms with Crippen molar-refractivity contribution in [3.8, 4) is 5.75 Å². The van der Waals surface area contributed by atoms with Gasteiger partial charge in [0, 0.05) is 37.3 Å². The third-order valence-corrected chi connectivity index (χ3v) is 6.37. The molecule has 0 aromatic heterocycles. The molecule has 1 aromatic rings. The largest absolute Gasteiger partial charge is 0.496 e. The summed E-state index contributed by atoms with van der Waals surface area (Å²) in [6.07, 6.45) is -2.22. The number of hydrogen-bond acceptors (Lipinski definition) is 5. The molecular weight excluding hydrogens is 401 g/mol. The van der Waals surface area contributed by atoms with Crippen LogP contribution < -0.4 is 4.74 Å². The lowest BCUT2D eigenvalue weighted by Crippen LogP contribution is -2.67. The van der Waals surface area contributed by atoms with E-state index in [2.05, 4.69) is 4.90 Å². The first-order chi connectivity index (χ1) is 14.2. The van der Waals surface area contributed by atoms with E-state index in [9.17, 15) is 22.8 Å². The summed E-state index contributed by atoms with van der Waals surface area (Å²) in [6.45, 7) is 2.19. The lowest BCUT2D eigenvalue weighted by molar-refractivity contribution is -0.197. The zero-order valence-electron chi connectivity index (χ0n) is 17.0. The molecule has 2 aliphatic carbocycles. The molecule has 1 saturated heterocycles. The van der Waals surface area contributed by atoms with Gasteiger partial charge in [-0.05, 0) is 43.2 Å². The number of ether oxygens (including phenoxy) is 2. The van der Waals surface area contributed by atoms with Gasteiger partial charge in [-0.2, -0.15) is 13.2 Å². The number of carbonyl (C=O) groups excluding carboxylic acids is 2. The van der Waals surface area contributed by atoms with Gasteiger partial charge >= 0.3 is 18.1 Å². The molecule has 30 heavy (non-hydrogen) atoms. The number of hydrogen-bond donors (Lipinski definition) is 0. The molecule has 6 nitrogen and oxygen atoms in total. The number of rotatable bonds is 6. The van der Waals surface area contributed by atoms with Crippen LogP contribution in [0.25, 0.3) is 0 Å². The number of amides is 1. The molecular formula is C21H25F3N2O4. The van der Waals surface area contributed by atoms with E-state index in [1.165, 1.54) is 14.2 Å². The summed E-state index contributed by atoms with van der Waals surface area (Å²) in [5.41, 5.74) is 1.35. The first-order valence-electron chi connectivity index (χ1n) is 10.0. The van der Waals surface area contributed by atoms with Crippen LogP contribution in [0.3, 0.4) is 0 Å². The molecule has 4 rings (SSSR count). The molecule has 1 heterocycles. The standard InChI is InChI=1S/C21H25F3N2O4/c1-29-17-7-13(18(27)30-2)3-4-14(17)10-25-11-20(12-25)8-16(9-20)26(15-5-6-15)19(28)21(22,23)24/h3-4,7,15-16H,5-6,8-12H2,1-2H3. The molecule has 164 valence electrons. The quantitative estimate of drug-likeness (QED) is 0.655. The lowest BCUT2D eigenvalue weighted by atomic mass is 9.60. The van der Waals surface area contributed by atoms with E-state index in [0.29, 0.717) is 43.5 Å². The molecule has 0 N–H and O–H groups in total. The van der Waals surface area contributed by atoms with Crippen LogP contribution in [0.2, 0.25) is 0 Å². The monoisotopic (exact) mass is 426 g/mol. The molecule has 1 aromatic carbocycles. The van der Waals surface area contributed by atoms with E-state index in [1.54, 1.807) is 12.1 Å². The molecule has 3 aliphatic rings. The molecule has 3 fully saturated rings. The van der Waals surface area contributed by atoms with Crippen molar-refractivity contribution in [2.75, 3.05) is 27.3 Å². The third kappa shape index (κ3) is 3.87. The Hall–Kier alpha value is -2.29. The van der Waals surface area contributed by atoms with Crippen LogP contribution in [0.1, 0.15) is 41.6 Å². The highest BCUT2D eigenvalue weighted by molar-refractivity contribution is 5.89. The minimum Gasteiger partial charge on any atom is -0.496 e. The molecule has 9 heteroatoms. The van der Waals surface area contributed by atoms with Crippen molar-refractivity contribution in [2.24, 2.45) is 5.41 Å². The Labute approximate surface area is 172 Å². The van der Waals surface area contributed by atoms with Gasteiger partial charge in [0.2, 0.25) is 0 Å². The number of carbonyl (C=O) groups is 2. The number of likely N-dealkylation sites (tertiary alicyclic amines) is 1. The van der Waals surface area contributed by atoms with Gasteiger partial charge in [-0.1, -0.05) is 6.07 Å². The number of esters is 1. The first kappa shape index (κ1) is 21.0. The van der Waals surface area contributed by atoms with Crippen LogP contribution in [-0.4, -0.2) is 67.2 Å². The Balaban J connectivity index is 1.33. The predicted molar refractivity (Wildman–Crippen MR) is 101 cm³/mol. The van der Waals surface area contributed by atoms with Gasteiger partial charge in [-0.25, -0.2) is 4.79 Å². The summed E-state index contributed by atoms with van der Waals surface area (Å²) in [4.78, 5) is 26.8. The minimum atomic E-state index is -4.80. The molecule has 0 atom stereocenters. The van der Waals surface area contributed by atoms with Gasteiger partial charge in [0.1, 0.15) is 5.75 Å². The Morgan fingerprint density at radius 2 is 1.83 bits per heavy atom. The lowest BCUT2D eigenvalue weighted by Gasteiger charge is -2.61. The first-order valence-corrected chi connectivity index (χ1v) is 10.0. The summed E-state index contributed by atoms with van der Waals surface area (Å²) in [5, 5.41) is 0. The summed E-state index contributed by atoms with van der Waals surface area (Å²) in [7, 11) is 2.86. The fourth-order valence-corrected chi connectivity index (χ4v) is 4.90. The van der Waals surface area contributed by atoms with Crippen molar-refractivity contribution in [3.63, 3.8) is 0 Å². The topological polar surface area (TPSA) is 59.1 Å². The fourth-order valence-electron chi connectivity index (χ4n) is 4.90. The Morgan fingerprint density at radius 3 is 2.37 bits per heavy atom. The normalized spacial score (nSPS) is 21.0. The summed E-state index contributed by atoms with van der Waals surface area (Å²) < 4.78 is 48.9. The molecule has 1 amide bonds. The second kappa shape index (κ2) is 7.44. The summed E-state index contributed by atoms with van der Waals surface area (Å²) in [6, 6.07) is 4.62. The van der Waals surface area contributed by atoms with E-state index in [1.807, 2.05) is 6.07 Å². The third-order valence-electron chi connectivity index (χ3n) is 6.37. The smallest absolute Gasteiger partial charge is 0.471 e. The number of methoxy groups -OCH3 is 2. The van der Waals surface area contributed by atoms with E-state index < -0.39 is 18.1 Å². The molecule has 2 saturated carbocycles. The van der Waals surface area contributed by atoms with Crippen molar-refractivity contribution < 1.29 is 32.2 Å². The SMILES string of the molecule is COC(=O)c1ccc(CN2CC3(CC(N(C(=O)C(F)(F)F)C4CC4)C3)C2)c(OC)c1. The average molecular weight is 426 g/mol. The molecule has 1 aliphatic heterocycles. The highest BCUT2D eigenvalue weighted by Gasteiger charge is 2.58. The second-order valence-corrected chi connectivity index (χ2v) is 8.67. The minimum absolute atomic E-state index is 0.00285. The van der Waals surface area contributed by atoms with Crippen molar-refractivity contribution in [1.82, 2.24) is 9.80 Å². The summed E-state index contributed by atoms with van der Waals surface area (Å²) >= 11 is 0. The van der Waals surface area contributed by atoms with Crippen molar-refractivity contribution in [3.05, 3.63) is 29.3 Å². The number of nitrogens with zero attached hydrogens (tertiary/aromatic N) is 2. The van der Waals surface area contributed by atoms with Crippen LogP contribution >= 0.6 is 0 Å². The Bertz CT molecular complexity index is 839. The van der Waals surface area contributed by atoms with E-state index >= 15 is 0 Å². The predicted octanol–water partition coefficient (Wildman–Crippen LogP) is 3.00. The molecule has 0 radical (unpaired) electrons. The van der Waals surface area contributed by atoms with Crippen LogP contribution in [-0.2, 0) is 16.1 Å². The second-order valence-electron chi connectivity index (χ2n) is 8.67. The average Bonchev–Trinajstić information content (AvgIpc) is 3.47. The van der Waals surface area contributed by atoms with Gasteiger partial charge in [-0.15, -0.1) is 0 Å². The highest BCUT2D eigenvalue weighted by atomic mass is 19.4. The van der Waals surface area contributed by atoms with Gasteiger partial charge < -0.3 is 14.4 Å². The Kier molecular flexibility index (Phi) is 5.20. The maximum atomic E-state index is 12.9. The zero-order chi connectivity index (χ0) is 21.7. The van der Waals surface area contributed by atoms with Crippen molar-refractivity contribution in [1.29, 1.82) is 0 Å². The number of halogens is 3. The Morgan fingerprint density at radius 1 is 1.17 bits per heavy atom. The van der Waals surface area contributed by atoms with E-state index in [-0.39, 0.29) is 17.5 Å². The van der Waals surface area contributed by atoms with Crippen LogP contribution in [0.15, 0.2) is 18.2 Å². The van der Waals surface area contributed by atoms with Crippen LogP contribution in [0.5, 0.6) is 5.75 Å². The fraction of sp³-hybridized carbons (Fsp3) is 0.619.